The molecular weight excluding hydrogens is 386 g/mol. The molecule has 2 aromatic carbocycles. The number of methoxy groups -OCH3 is 3. The quantitative estimate of drug-likeness (QED) is 0.625. The van der Waals surface area contributed by atoms with Gasteiger partial charge in [0.25, 0.3) is 0 Å². The predicted octanol–water partition coefficient (Wildman–Crippen LogP) is 3.46. The largest absolute Gasteiger partial charge is 0.493 e. The molecule has 0 aromatic heterocycles. The number of amides is 1. The maximum absolute atomic E-state index is 12.9. The van der Waals surface area contributed by atoms with Gasteiger partial charge in [0.1, 0.15) is 13.2 Å². The lowest BCUT2D eigenvalue weighted by Gasteiger charge is -2.25. The van der Waals surface area contributed by atoms with Gasteiger partial charge in [0.05, 0.1) is 21.3 Å². The van der Waals surface area contributed by atoms with E-state index in [9.17, 15) is 4.79 Å². The van der Waals surface area contributed by atoms with Gasteiger partial charge in [-0.05, 0) is 37.1 Å². The van der Waals surface area contributed by atoms with Crippen molar-refractivity contribution in [3.8, 4) is 28.7 Å². The second-order valence-electron chi connectivity index (χ2n) is 6.88. The fourth-order valence-corrected chi connectivity index (χ4v) is 3.53. The lowest BCUT2D eigenvalue weighted by molar-refractivity contribution is -0.131. The van der Waals surface area contributed by atoms with E-state index < -0.39 is 0 Å². The van der Waals surface area contributed by atoms with E-state index in [1.807, 2.05) is 42.2 Å². The lowest BCUT2D eigenvalue weighted by atomic mass is 10.1. The number of hydrogen-bond acceptors (Lipinski definition) is 6. The molecule has 7 nitrogen and oxygen atoms in total. The van der Waals surface area contributed by atoms with Gasteiger partial charge in [-0.2, -0.15) is 0 Å². The Morgan fingerprint density at radius 1 is 1.03 bits per heavy atom. The molecule has 0 aliphatic carbocycles. The molecule has 0 bridgehead atoms. The third-order valence-corrected chi connectivity index (χ3v) is 5.10. The summed E-state index contributed by atoms with van der Waals surface area (Å²) in [6.45, 7) is 4.13. The molecule has 0 radical (unpaired) electrons. The van der Waals surface area contributed by atoms with Crippen molar-refractivity contribution in [1.82, 2.24) is 4.90 Å². The van der Waals surface area contributed by atoms with Gasteiger partial charge in [-0.25, -0.2) is 0 Å². The van der Waals surface area contributed by atoms with E-state index in [1.54, 1.807) is 21.3 Å². The molecular formula is C23H29NO6. The summed E-state index contributed by atoms with van der Waals surface area (Å²) in [5.74, 6) is 3.25. The second kappa shape index (κ2) is 10.1. The molecule has 0 spiro atoms. The van der Waals surface area contributed by atoms with Gasteiger partial charge in [0.2, 0.25) is 11.7 Å². The van der Waals surface area contributed by atoms with Crippen LogP contribution in [0.3, 0.4) is 0 Å². The van der Waals surface area contributed by atoms with Crippen molar-refractivity contribution in [1.29, 1.82) is 0 Å². The molecule has 1 heterocycles. The Hall–Kier alpha value is -3.09. The van der Waals surface area contributed by atoms with E-state index in [0.717, 1.165) is 22.6 Å². The van der Waals surface area contributed by atoms with E-state index in [2.05, 4.69) is 0 Å². The first-order valence-electron chi connectivity index (χ1n) is 10.0. The maximum atomic E-state index is 12.9. The van der Waals surface area contributed by atoms with E-state index in [4.69, 9.17) is 23.7 Å². The van der Waals surface area contributed by atoms with Crippen molar-refractivity contribution >= 4 is 5.91 Å². The molecule has 1 aliphatic rings. The van der Waals surface area contributed by atoms with Gasteiger partial charge < -0.3 is 28.6 Å². The van der Waals surface area contributed by atoms with Gasteiger partial charge in [-0.1, -0.05) is 12.1 Å². The summed E-state index contributed by atoms with van der Waals surface area (Å²) in [4.78, 5) is 14.7. The van der Waals surface area contributed by atoms with E-state index >= 15 is 0 Å². The van der Waals surface area contributed by atoms with Crippen LogP contribution in [0.5, 0.6) is 28.7 Å². The molecule has 2 aromatic rings. The number of rotatable bonds is 9. The number of aryl methyl sites for hydroxylation is 1. The zero-order valence-electron chi connectivity index (χ0n) is 18.0. The third kappa shape index (κ3) is 4.72. The SMILES string of the molecule is CCN(Cc1cccc2c1OCCO2)C(=O)CCc1cc(OC)c(OC)c(OC)c1. The average molecular weight is 415 g/mol. The minimum absolute atomic E-state index is 0.0700. The monoisotopic (exact) mass is 415 g/mol. The Balaban J connectivity index is 1.69. The molecule has 30 heavy (non-hydrogen) atoms. The highest BCUT2D eigenvalue weighted by Gasteiger charge is 2.20. The number of hydrogen-bond donors (Lipinski definition) is 0. The number of fused-ring (bicyclic) bond motifs is 1. The summed E-state index contributed by atoms with van der Waals surface area (Å²) in [5, 5.41) is 0. The molecule has 1 amide bonds. The summed E-state index contributed by atoms with van der Waals surface area (Å²) >= 11 is 0. The summed E-state index contributed by atoms with van der Waals surface area (Å²) in [6.07, 6.45) is 0.942. The van der Waals surface area contributed by atoms with Crippen molar-refractivity contribution in [3.05, 3.63) is 41.5 Å². The number of para-hydroxylation sites is 1. The van der Waals surface area contributed by atoms with Crippen LogP contribution >= 0.6 is 0 Å². The van der Waals surface area contributed by atoms with Crippen LogP contribution in [0.15, 0.2) is 30.3 Å². The highest BCUT2D eigenvalue weighted by Crippen LogP contribution is 2.38. The summed E-state index contributed by atoms with van der Waals surface area (Å²) in [6, 6.07) is 9.55. The predicted molar refractivity (Wildman–Crippen MR) is 113 cm³/mol. The molecule has 1 aliphatic heterocycles. The molecule has 0 saturated heterocycles. The Morgan fingerprint density at radius 3 is 2.37 bits per heavy atom. The second-order valence-corrected chi connectivity index (χ2v) is 6.88. The lowest BCUT2D eigenvalue weighted by Crippen LogP contribution is -2.31. The summed E-state index contributed by atoms with van der Waals surface area (Å²) < 4.78 is 27.6. The Kier molecular flexibility index (Phi) is 7.27. The first kappa shape index (κ1) is 21.6. The number of benzene rings is 2. The Morgan fingerprint density at radius 2 is 1.73 bits per heavy atom. The topological polar surface area (TPSA) is 66.5 Å². The standard InChI is InChI=1S/C23H29NO6/c1-5-24(15-17-7-6-8-18-22(17)30-12-11-29-18)21(25)10-9-16-13-19(26-2)23(28-4)20(14-16)27-3/h6-8,13-14H,5,9-12,15H2,1-4H3. The highest BCUT2D eigenvalue weighted by atomic mass is 16.6. The van der Waals surface area contributed by atoms with E-state index in [1.165, 1.54) is 0 Å². The van der Waals surface area contributed by atoms with Crippen LogP contribution in [0.4, 0.5) is 0 Å². The first-order chi connectivity index (χ1) is 14.6. The number of ether oxygens (including phenoxy) is 5. The maximum Gasteiger partial charge on any atom is 0.223 e. The van der Waals surface area contributed by atoms with Gasteiger partial charge >= 0.3 is 0 Å². The highest BCUT2D eigenvalue weighted by molar-refractivity contribution is 5.76. The molecule has 0 unspecified atom stereocenters. The molecule has 162 valence electrons. The van der Waals surface area contributed by atoms with Crippen LogP contribution < -0.4 is 23.7 Å². The fraction of sp³-hybridized carbons (Fsp3) is 0.435. The van der Waals surface area contributed by atoms with Crippen LogP contribution in [0.25, 0.3) is 0 Å². The summed E-state index contributed by atoms with van der Waals surface area (Å²) in [7, 11) is 4.73. The van der Waals surface area contributed by atoms with E-state index in [0.29, 0.717) is 56.4 Å². The first-order valence-corrected chi connectivity index (χ1v) is 10.0. The van der Waals surface area contributed by atoms with Crippen LogP contribution in [-0.4, -0.2) is 51.9 Å². The fourth-order valence-electron chi connectivity index (χ4n) is 3.53. The molecule has 0 fully saturated rings. The van der Waals surface area contributed by atoms with Crippen molar-refractivity contribution in [2.45, 2.75) is 26.3 Å². The van der Waals surface area contributed by atoms with Gasteiger partial charge in [-0.15, -0.1) is 0 Å². The summed E-state index contributed by atoms with van der Waals surface area (Å²) in [5.41, 5.74) is 1.90. The van der Waals surface area contributed by atoms with Gasteiger partial charge in [0.15, 0.2) is 23.0 Å². The molecule has 0 saturated carbocycles. The normalized spacial score (nSPS) is 12.3. The van der Waals surface area contributed by atoms with Gasteiger partial charge in [0, 0.05) is 25.1 Å². The van der Waals surface area contributed by atoms with Crippen molar-refractivity contribution in [2.24, 2.45) is 0 Å². The molecule has 7 heteroatoms. The van der Waals surface area contributed by atoms with Crippen LogP contribution in [0, 0.1) is 0 Å². The molecule has 3 rings (SSSR count). The van der Waals surface area contributed by atoms with Gasteiger partial charge in [-0.3, -0.25) is 4.79 Å². The van der Waals surface area contributed by atoms with E-state index in [-0.39, 0.29) is 5.91 Å². The number of carbonyl (C=O) groups is 1. The van der Waals surface area contributed by atoms with Crippen LogP contribution in [0.1, 0.15) is 24.5 Å². The minimum atomic E-state index is 0.0700. The average Bonchev–Trinajstić information content (AvgIpc) is 2.80. The van der Waals surface area contributed by atoms with Crippen molar-refractivity contribution in [2.75, 3.05) is 41.1 Å². The number of nitrogens with zero attached hydrogens (tertiary/aromatic N) is 1. The number of carbonyl (C=O) groups excluding carboxylic acids is 1. The zero-order chi connectivity index (χ0) is 21.5. The molecule has 0 atom stereocenters. The van der Waals surface area contributed by atoms with Crippen LogP contribution in [0.2, 0.25) is 0 Å². The Bertz CT molecular complexity index is 857. The molecule has 0 N–H and O–H groups in total. The third-order valence-electron chi connectivity index (χ3n) is 5.10. The zero-order valence-corrected chi connectivity index (χ0v) is 18.0. The Labute approximate surface area is 177 Å². The smallest absolute Gasteiger partial charge is 0.223 e. The van der Waals surface area contributed by atoms with Crippen LogP contribution in [-0.2, 0) is 17.8 Å². The van der Waals surface area contributed by atoms with Crippen molar-refractivity contribution in [3.63, 3.8) is 0 Å². The van der Waals surface area contributed by atoms with Crippen molar-refractivity contribution < 1.29 is 28.5 Å². The minimum Gasteiger partial charge on any atom is -0.493 e.